The molecule has 0 radical (unpaired) electrons. The zero-order valence-electron chi connectivity index (χ0n) is 7.38. The van der Waals surface area contributed by atoms with Crippen LogP contribution in [0.15, 0.2) is 24.5 Å². The molecule has 0 aliphatic heterocycles. The summed E-state index contributed by atoms with van der Waals surface area (Å²) in [4.78, 5) is 0. The molecule has 1 heterocycles. The maximum atomic E-state index is 2.21. The molecule has 0 aliphatic rings. The van der Waals surface area contributed by atoms with E-state index in [-0.39, 0.29) is 0 Å². The van der Waals surface area contributed by atoms with Crippen molar-refractivity contribution in [3.63, 3.8) is 0 Å². The molecule has 0 N–H and O–H groups in total. The SMILES string of the molecule is CCCc1cc[n+](CC)cc1. The number of aromatic nitrogens is 1. The summed E-state index contributed by atoms with van der Waals surface area (Å²) in [6.45, 7) is 5.42. The average molecular weight is 150 g/mol. The summed E-state index contributed by atoms with van der Waals surface area (Å²) in [5, 5.41) is 0. The van der Waals surface area contributed by atoms with E-state index in [1.165, 1.54) is 18.4 Å². The van der Waals surface area contributed by atoms with E-state index in [0.717, 1.165) is 6.54 Å². The summed E-state index contributed by atoms with van der Waals surface area (Å²) in [5.74, 6) is 0. The minimum Gasteiger partial charge on any atom is -0.205 e. The first-order valence-electron chi connectivity index (χ1n) is 4.34. The van der Waals surface area contributed by atoms with Crippen LogP contribution in [-0.2, 0) is 13.0 Å². The molecule has 0 aromatic carbocycles. The Labute approximate surface area is 68.7 Å². The Hall–Kier alpha value is -0.850. The second-order valence-corrected chi connectivity index (χ2v) is 2.79. The van der Waals surface area contributed by atoms with Crippen molar-refractivity contribution in [2.45, 2.75) is 33.2 Å². The summed E-state index contributed by atoms with van der Waals surface area (Å²) < 4.78 is 2.18. The van der Waals surface area contributed by atoms with Crippen LogP contribution in [0.5, 0.6) is 0 Å². The molecule has 0 saturated carbocycles. The van der Waals surface area contributed by atoms with Crippen molar-refractivity contribution in [3.05, 3.63) is 30.1 Å². The van der Waals surface area contributed by atoms with E-state index in [2.05, 4.69) is 42.9 Å². The predicted molar refractivity (Wildman–Crippen MR) is 46.3 cm³/mol. The Morgan fingerprint density at radius 3 is 2.27 bits per heavy atom. The quantitative estimate of drug-likeness (QED) is 0.580. The molecule has 1 aromatic rings. The van der Waals surface area contributed by atoms with Crippen molar-refractivity contribution in [2.75, 3.05) is 0 Å². The van der Waals surface area contributed by atoms with Gasteiger partial charge in [0.15, 0.2) is 12.4 Å². The molecule has 0 unspecified atom stereocenters. The average Bonchev–Trinajstić information content (AvgIpc) is 2.07. The molecule has 0 atom stereocenters. The molecule has 0 aliphatic carbocycles. The van der Waals surface area contributed by atoms with Gasteiger partial charge in [-0.25, -0.2) is 4.57 Å². The van der Waals surface area contributed by atoms with Gasteiger partial charge in [0.2, 0.25) is 0 Å². The van der Waals surface area contributed by atoms with Crippen LogP contribution in [0.4, 0.5) is 0 Å². The number of hydrogen-bond acceptors (Lipinski definition) is 0. The molecular weight excluding hydrogens is 134 g/mol. The maximum absolute atomic E-state index is 2.21. The van der Waals surface area contributed by atoms with Gasteiger partial charge in [0.1, 0.15) is 6.54 Å². The number of rotatable bonds is 3. The van der Waals surface area contributed by atoms with E-state index in [4.69, 9.17) is 0 Å². The van der Waals surface area contributed by atoms with Crippen LogP contribution < -0.4 is 4.57 Å². The van der Waals surface area contributed by atoms with Crippen LogP contribution >= 0.6 is 0 Å². The van der Waals surface area contributed by atoms with E-state index >= 15 is 0 Å². The molecule has 60 valence electrons. The van der Waals surface area contributed by atoms with Crippen molar-refractivity contribution >= 4 is 0 Å². The van der Waals surface area contributed by atoms with Gasteiger partial charge in [-0.15, -0.1) is 0 Å². The lowest BCUT2D eigenvalue weighted by atomic mass is 10.2. The molecule has 11 heavy (non-hydrogen) atoms. The van der Waals surface area contributed by atoms with E-state index < -0.39 is 0 Å². The van der Waals surface area contributed by atoms with Gasteiger partial charge in [-0.2, -0.15) is 0 Å². The standard InChI is InChI=1S/C10H16N/c1-3-5-10-6-8-11(4-2)9-7-10/h6-9H,3-5H2,1-2H3/q+1. The third-order valence-electron chi connectivity index (χ3n) is 1.86. The molecule has 1 aromatic heterocycles. The van der Waals surface area contributed by atoms with Gasteiger partial charge in [-0.1, -0.05) is 13.3 Å². The molecule has 1 rings (SSSR count). The lowest BCUT2D eigenvalue weighted by Gasteiger charge is -1.95. The Morgan fingerprint density at radius 1 is 1.18 bits per heavy atom. The molecule has 1 heteroatoms. The first-order valence-corrected chi connectivity index (χ1v) is 4.34. The van der Waals surface area contributed by atoms with Crippen LogP contribution in [0.2, 0.25) is 0 Å². The summed E-state index contributed by atoms with van der Waals surface area (Å²) in [6, 6.07) is 4.40. The second-order valence-electron chi connectivity index (χ2n) is 2.79. The van der Waals surface area contributed by atoms with Crippen LogP contribution in [0.3, 0.4) is 0 Å². The zero-order valence-corrected chi connectivity index (χ0v) is 7.38. The van der Waals surface area contributed by atoms with Crippen molar-refractivity contribution in [3.8, 4) is 0 Å². The molecule has 1 nitrogen and oxygen atoms in total. The first-order chi connectivity index (χ1) is 5.36. The third-order valence-corrected chi connectivity index (χ3v) is 1.86. The Kier molecular flexibility index (Phi) is 3.09. The number of aryl methyl sites for hydroxylation is 2. The molecule has 0 bridgehead atoms. The molecule has 0 amide bonds. The fourth-order valence-corrected chi connectivity index (χ4v) is 1.15. The minimum atomic E-state index is 1.06. The van der Waals surface area contributed by atoms with Crippen LogP contribution in [0.1, 0.15) is 25.8 Å². The van der Waals surface area contributed by atoms with E-state index in [1.54, 1.807) is 0 Å². The van der Waals surface area contributed by atoms with Gasteiger partial charge in [-0.3, -0.25) is 0 Å². The minimum absolute atomic E-state index is 1.06. The van der Waals surface area contributed by atoms with Crippen molar-refractivity contribution in [1.82, 2.24) is 0 Å². The smallest absolute Gasteiger partial charge is 0.169 e. The van der Waals surface area contributed by atoms with E-state index in [1.807, 2.05) is 0 Å². The fraction of sp³-hybridized carbons (Fsp3) is 0.500. The maximum Gasteiger partial charge on any atom is 0.169 e. The molecular formula is C10H16N+. The highest BCUT2D eigenvalue weighted by Gasteiger charge is 1.95. The number of pyridine rings is 1. The summed E-state index contributed by atoms with van der Waals surface area (Å²) in [5.41, 5.74) is 1.44. The Morgan fingerprint density at radius 2 is 1.82 bits per heavy atom. The largest absolute Gasteiger partial charge is 0.205 e. The normalized spacial score (nSPS) is 10.0. The molecule has 0 saturated heterocycles. The first kappa shape index (κ1) is 8.25. The zero-order chi connectivity index (χ0) is 8.10. The van der Waals surface area contributed by atoms with E-state index in [0.29, 0.717) is 0 Å². The number of hydrogen-bond donors (Lipinski definition) is 0. The number of nitrogens with zero attached hydrogens (tertiary/aromatic N) is 1. The van der Waals surface area contributed by atoms with E-state index in [9.17, 15) is 0 Å². The van der Waals surface area contributed by atoms with Gasteiger partial charge < -0.3 is 0 Å². The lowest BCUT2D eigenvalue weighted by molar-refractivity contribution is -0.693. The highest BCUT2D eigenvalue weighted by molar-refractivity contribution is 5.06. The summed E-state index contributed by atoms with van der Waals surface area (Å²) in [7, 11) is 0. The van der Waals surface area contributed by atoms with Gasteiger partial charge in [0, 0.05) is 12.1 Å². The molecule has 0 fully saturated rings. The fourth-order valence-electron chi connectivity index (χ4n) is 1.15. The van der Waals surface area contributed by atoms with Gasteiger partial charge >= 0.3 is 0 Å². The molecule has 0 spiro atoms. The second kappa shape index (κ2) is 4.12. The predicted octanol–water partition coefficient (Wildman–Crippen LogP) is 1.95. The van der Waals surface area contributed by atoms with Crippen molar-refractivity contribution in [2.24, 2.45) is 0 Å². The highest BCUT2D eigenvalue weighted by Crippen LogP contribution is 1.98. The van der Waals surface area contributed by atoms with Gasteiger partial charge in [-0.05, 0) is 18.9 Å². The van der Waals surface area contributed by atoms with Crippen LogP contribution in [-0.4, -0.2) is 0 Å². The summed E-state index contributed by atoms with van der Waals surface area (Å²) in [6.07, 6.45) is 6.72. The van der Waals surface area contributed by atoms with Crippen LogP contribution in [0.25, 0.3) is 0 Å². The Bertz CT molecular complexity index is 201. The Balaban J connectivity index is 2.66. The van der Waals surface area contributed by atoms with Crippen molar-refractivity contribution < 1.29 is 4.57 Å². The van der Waals surface area contributed by atoms with Gasteiger partial charge in [0.05, 0.1) is 0 Å². The monoisotopic (exact) mass is 150 g/mol. The van der Waals surface area contributed by atoms with Crippen LogP contribution in [0, 0.1) is 0 Å². The summed E-state index contributed by atoms with van der Waals surface area (Å²) >= 11 is 0. The van der Waals surface area contributed by atoms with Gasteiger partial charge in [0.25, 0.3) is 0 Å². The van der Waals surface area contributed by atoms with Crippen molar-refractivity contribution in [1.29, 1.82) is 0 Å². The third kappa shape index (κ3) is 2.34. The topological polar surface area (TPSA) is 3.88 Å². The lowest BCUT2D eigenvalue weighted by Crippen LogP contribution is -2.30. The highest BCUT2D eigenvalue weighted by atomic mass is 14.9.